The number of methoxy groups -OCH3 is 1. The van der Waals surface area contributed by atoms with Crippen LogP contribution in [-0.4, -0.2) is 86.6 Å². The number of rotatable bonds is 11. The molecule has 1 aromatic carbocycles. The van der Waals surface area contributed by atoms with Gasteiger partial charge in [-0.3, -0.25) is 9.69 Å². The summed E-state index contributed by atoms with van der Waals surface area (Å²) in [7, 11) is 9.26. The number of urea groups is 1. The number of benzene rings is 1. The van der Waals surface area contributed by atoms with Crippen molar-refractivity contribution in [3.05, 3.63) is 36.5 Å². The highest BCUT2D eigenvalue weighted by Crippen LogP contribution is 2.38. The summed E-state index contributed by atoms with van der Waals surface area (Å²) in [4.78, 5) is 41.4. The average molecular weight is 497 g/mol. The zero-order valence-electron chi connectivity index (χ0n) is 22.0. The number of aromatic nitrogens is 2. The van der Waals surface area contributed by atoms with Crippen molar-refractivity contribution >= 4 is 40.8 Å². The predicted octanol–water partition coefficient (Wildman–Crippen LogP) is 3.13. The number of anilines is 5. The lowest BCUT2D eigenvalue weighted by molar-refractivity contribution is -0.111. The second-order valence-electron chi connectivity index (χ2n) is 8.92. The summed E-state index contributed by atoms with van der Waals surface area (Å²) in [5.74, 6) is 1.10. The summed E-state index contributed by atoms with van der Waals surface area (Å²) in [6, 6.07) is 3.54. The van der Waals surface area contributed by atoms with Gasteiger partial charge in [0, 0.05) is 51.6 Å². The van der Waals surface area contributed by atoms with Gasteiger partial charge in [-0.2, -0.15) is 4.98 Å². The van der Waals surface area contributed by atoms with E-state index in [1.54, 1.807) is 31.3 Å². The van der Waals surface area contributed by atoms with Crippen molar-refractivity contribution in [3.8, 4) is 5.75 Å². The minimum Gasteiger partial charge on any atom is -0.494 e. The Morgan fingerprint density at radius 1 is 1.25 bits per heavy atom. The molecule has 0 radical (unpaired) electrons. The monoisotopic (exact) mass is 496 g/mol. The van der Waals surface area contributed by atoms with Crippen LogP contribution in [0.15, 0.2) is 31.0 Å². The van der Waals surface area contributed by atoms with Gasteiger partial charge in [-0.15, -0.1) is 0 Å². The number of hydrogen-bond donors (Lipinski definition) is 2. The number of ether oxygens (including phenoxy) is 1. The molecule has 2 N–H and O–H groups in total. The Hall–Kier alpha value is -3.86. The van der Waals surface area contributed by atoms with Gasteiger partial charge < -0.3 is 30.1 Å². The molecule has 1 aromatic heterocycles. The van der Waals surface area contributed by atoms with Crippen LogP contribution in [0.4, 0.5) is 33.6 Å². The third-order valence-electron chi connectivity index (χ3n) is 5.87. The predicted molar refractivity (Wildman–Crippen MR) is 143 cm³/mol. The van der Waals surface area contributed by atoms with Gasteiger partial charge in [0.05, 0.1) is 30.7 Å². The first kappa shape index (κ1) is 26.7. The summed E-state index contributed by atoms with van der Waals surface area (Å²) < 4.78 is 5.65. The molecule has 0 aliphatic carbocycles. The number of amides is 3. The van der Waals surface area contributed by atoms with Crippen molar-refractivity contribution in [2.24, 2.45) is 0 Å². The summed E-state index contributed by atoms with van der Waals surface area (Å²) in [6.45, 7) is 8.32. The number of likely N-dealkylation sites (N-methyl/N-ethyl adjacent to an activating group) is 2. The summed E-state index contributed by atoms with van der Waals surface area (Å²) >= 11 is 0. The molecule has 0 saturated heterocycles. The Morgan fingerprint density at radius 3 is 2.64 bits per heavy atom. The van der Waals surface area contributed by atoms with Gasteiger partial charge in [0.25, 0.3) is 0 Å². The molecule has 2 aromatic rings. The van der Waals surface area contributed by atoms with E-state index in [0.717, 1.165) is 30.8 Å². The van der Waals surface area contributed by atoms with E-state index in [9.17, 15) is 9.59 Å². The highest BCUT2D eigenvalue weighted by Gasteiger charge is 2.29. The van der Waals surface area contributed by atoms with Gasteiger partial charge in [-0.05, 0) is 32.7 Å². The zero-order valence-corrected chi connectivity index (χ0v) is 22.0. The maximum absolute atomic E-state index is 12.7. The van der Waals surface area contributed by atoms with Crippen molar-refractivity contribution in [1.82, 2.24) is 19.8 Å². The third-order valence-corrected chi connectivity index (χ3v) is 5.87. The second kappa shape index (κ2) is 11.7. The zero-order chi connectivity index (χ0) is 26.4. The molecule has 3 amide bonds. The SMILES string of the molecule is C=CC(=O)Nc1cc(Nc2ncc3c(n2)N(C)C(=O)N(CCC)C3)c(OC)cc1N(C)CCN(C)C. The number of nitrogens with one attached hydrogen (secondary N) is 2. The smallest absolute Gasteiger partial charge is 0.325 e. The van der Waals surface area contributed by atoms with Gasteiger partial charge in [0.15, 0.2) is 0 Å². The minimum absolute atomic E-state index is 0.0916. The van der Waals surface area contributed by atoms with Gasteiger partial charge in [0.1, 0.15) is 11.6 Å². The van der Waals surface area contributed by atoms with Crippen molar-refractivity contribution < 1.29 is 14.3 Å². The number of hydrogen-bond acceptors (Lipinski definition) is 8. The van der Waals surface area contributed by atoms with Crippen LogP contribution in [-0.2, 0) is 11.3 Å². The standard InChI is InChI=1S/C25H36N8O3/c1-8-10-33-16-17-15-26-24(29-23(17)32(6)25(33)35)28-19-13-18(27-22(34)9-2)20(14-21(19)36-7)31(5)12-11-30(3)4/h9,13-15H,2,8,10-12,16H2,1,3-7H3,(H,27,34)(H,26,28,29). The Kier molecular flexibility index (Phi) is 8.70. The molecular weight excluding hydrogens is 460 g/mol. The molecule has 0 spiro atoms. The van der Waals surface area contributed by atoms with Crippen molar-refractivity contribution in [3.63, 3.8) is 0 Å². The maximum atomic E-state index is 12.7. The number of nitrogens with zero attached hydrogens (tertiary/aromatic N) is 6. The molecule has 0 bridgehead atoms. The fourth-order valence-corrected chi connectivity index (χ4v) is 3.91. The highest BCUT2D eigenvalue weighted by atomic mass is 16.5. The van der Waals surface area contributed by atoms with Crippen molar-refractivity contribution in [1.29, 1.82) is 0 Å². The maximum Gasteiger partial charge on any atom is 0.325 e. The molecule has 1 aliphatic heterocycles. The molecule has 36 heavy (non-hydrogen) atoms. The van der Waals surface area contributed by atoms with E-state index in [-0.39, 0.29) is 11.9 Å². The fourth-order valence-electron chi connectivity index (χ4n) is 3.91. The van der Waals surface area contributed by atoms with Gasteiger partial charge in [-0.1, -0.05) is 13.5 Å². The van der Waals surface area contributed by atoms with E-state index in [2.05, 4.69) is 32.1 Å². The Bertz CT molecular complexity index is 1120. The number of carbonyl (C=O) groups excluding carboxylic acids is 2. The Morgan fingerprint density at radius 2 is 2.00 bits per heavy atom. The number of carbonyl (C=O) groups is 2. The minimum atomic E-state index is -0.324. The van der Waals surface area contributed by atoms with E-state index >= 15 is 0 Å². The summed E-state index contributed by atoms with van der Waals surface area (Å²) in [6.07, 6.45) is 3.83. The largest absolute Gasteiger partial charge is 0.494 e. The van der Waals surface area contributed by atoms with Crippen LogP contribution >= 0.6 is 0 Å². The lowest BCUT2D eigenvalue weighted by atomic mass is 10.2. The third kappa shape index (κ3) is 6.03. The molecule has 0 atom stereocenters. The fraction of sp³-hybridized carbons (Fsp3) is 0.440. The van der Waals surface area contributed by atoms with Gasteiger partial charge in [-0.25, -0.2) is 9.78 Å². The molecule has 11 heteroatoms. The highest BCUT2D eigenvalue weighted by molar-refractivity contribution is 6.02. The van der Waals surface area contributed by atoms with E-state index in [1.807, 2.05) is 39.0 Å². The van der Waals surface area contributed by atoms with Crippen molar-refractivity contribution in [2.45, 2.75) is 19.9 Å². The van der Waals surface area contributed by atoms with Crippen LogP contribution in [0, 0.1) is 0 Å². The van der Waals surface area contributed by atoms with E-state index in [4.69, 9.17) is 4.74 Å². The van der Waals surface area contributed by atoms with Gasteiger partial charge in [0.2, 0.25) is 11.9 Å². The molecule has 3 rings (SSSR count). The molecule has 1 aliphatic rings. The van der Waals surface area contributed by atoms with Gasteiger partial charge >= 0.3 is 6.03 Å². The molecule has 0 saturated carbocycles. The normalized spacial score (nSPS) is 12.9. The van der Waals surface area contributed by atoms with Crippen LogP contribution in [0.1, 0.15) is 18.9 Å². The Labute approximate surface area is 212 Å². The van der Waals surface area contributed by atoms with Crippen molar-refractivity contribution in [2.75, 3.05) is 75.4 Å². The lowest BCUT2D eigenvalue weighted by Gasteiger charge is -2.33. The van der Waals surface area contributed by atoms with Crippen LogP contribution < -0.4 is 25.2 Å². The van der Waals surface area contributed by atoms with Crippen LogP contribution in [0.5, 0.6) is 5.75 Å². The quantitative estimate of drug-likeness (QED) is 0.457. The lowest BCUT2D eigenvalue weighted by Crippen LogP contribution is -2.45. The summed E-state index contributed by atoms with van der Waals surface area (Å²) in [5, 5.41) is 6.07. The summed E-state index contributed by atoms with van der Waals surface area (Å²) in [5.41, 5.74) is 2.82. The Balaban J connectivity index is 1.95. The second-order valence-corrected chi connectivity index (χ2v) is 8.92. The molecular formula is C25H36N8O3. The van der Waals surface area contributed by atoms with E-state index < -0.39 is 0 Å². The van der Waals surface area contributed by atoms with Crippen LogP contribution in [0.2, 0.25) is 0 Å². The molecule has 11 nitrogen and oxygen atoms in total. The average Bonchev–Trinajstić information content (AvgIpc) is 2.86. The molecule has 0 fully saturated rings. The van der Waals surface area contributed by atoms with Crippen LogP contribution in [0.3, 0.4) is 0 Å². The molecule has 194 valence electrons. The van der Waals surface area contributed by atoms with E-state index in [1.165, 1.54) is 11.0 Å². The van der Waals surface area contributed by atoms with E-state index in [0.29, 0.717) is 42.0 Å². The molecule has 2 heterocycles. The number of fused-ring (bicyclic) bond motifs is 1. The first-order valence-corrected chi connectivity index (χ1v) is 11.8. The first-order chi connectivity index (χ1) is 17.2. The van der Waals surface area contributed by atoms with Crippen LogP contribution in [0.25, 0.3) is 0 Å². The topological polar surface area (TPSA) is 106 Å². The molecule has 0 unspecified atom stereocenters. The first-order valence-electron chi connectivity index (χ1n) is 11.8.